The molecule has 2 heteroatoms. The lowest BCUT2D eigenvalue weighted by molar-refractivity contribution is 0.0142. The minimum Gasteiger partial charge on any atom is -0.288 e. The third-order valence-corrected chi connectivity index (χ3v) is 4.27. The van der Waals surface area contributed by atoms with E-state index in [1.54, 1.807) is 0 Å². The fourth-order valence-electron chi connectivity index (χ4n) is 3.33. The highest BCUT2D eigenvalue weighted by molar-refractivity contribution is 5.30. The molecule has 2 heterocycles. The van der Waals surface area contributed by atoms with Crippen LogP contribution in [0, 0.1) is 0 Å². The van der Waals surface area contributed by atoms with Gasteiger partial charge in [0.05, 0.1) is 6.17 Å². The molecule has 0 N–H and O–H groups in total. The molecule has 0 amide bonds. The summed E-state index contributed by atoms with van der Waals surface area (Å²) < 4.78 is 0. The summed E-state index contributed by atoms with van der Waals surface area (Å²) in [6.45, 7) is 7.07. The molecule has 0 aliphatic carbocycles. The first-order chi connectivity index (χ1) is 8.38. The van der Waals surface area contributed by atoms with Gasteiger partial charge in [0, 0.05) is 13.1 Å². The van der Waals surface area contributed by atoms with Crippen LogP contribution >= 0.6 is 0 Å². The van der Waals surface area contributed by atoms with Crippen LogP contribution in [0.25, 0.3) is 0 Å². The van der Waals surface area contributed by atoms with Gasteiger partial charge in [-0.05, 0) is 43.5 Å². The summed E-state index contributed by atoms with van der Waals surface area (Å²) in [4.78, 5) is 5.31. The normalized spacial score (nSPS) is 26.1. The Balaban J connectivity index is 1.74. The summed E-state index contributed by atoms with van der Waals surface area (Å²) in [6.07, 6.45) is 4.81. The summed E-state index contributed by atoms with van der Waals surface area (Å²) in [5, 5.41) is 0. The number of benzene rings is 1. The number of hydrogen-bond donors (Lipinski definition) is 0. The molecule has 17 heavy (non-hydrogen) atoms. The number of hydrogen-bond acceptors (Lipinski definition) is 2. The Morgan fingerprint density at radius 2 is 1.82 bits per heavy atom. The standard InChI is InChI=1S/C15H22N2/c1-2-16-10-6-5-9-15(16)17-11-13-7-3-4-8-14(13)12-17/h3-4,7-8,15H,2,5-6,9-12H2,1H3. The van der Waals surface area contributed by atoms with Gasteiger partial charge in [0.1, 0.15) is 0 Å². The van der Waals surface area contributed by atoms with Crippen molar-refractivity contribution in [2.45, 2.75) is 45.4 Å². The van der Waals surface area contributed by atoms with E-state index in [-0.39, 0.29) is 0 Å². The van der Waals surface area contributed by atoms with Crippen LogP contribution in [0.3, 0.4) is 0 Å². The molecule has 92 valence electrons. The molecule has 0 bridgehead atoms. The Morgan fingerprint density at radius 1 is 1.12 bits per heavy atom. The topological polar surface area (TPSA) is 6.48 Å². The molecule has 1 unspecified atom stereocenters. The first kappa shape index (κ1) is 11.2. The third kappa shape index (κ3) is 2.12. The van der Waals surface area contributed by atoms with Crippen LogP contribution in [-0.2, 0) is 13.1 Å². The molecule has 1 fully saturated rings. The van der Waals surface area contributed by atoms with Gasteiger partial charge in [0.25, 0.3) is 0 Å². The number of likely N-dealkylation sites (tertiary alicyclic amines) is 1. The van der Waals surface area contributed by atoms with E-state index in [4.69, 9.17) is 0 Å². The van der Waals surface area contributed by atoms with Gasteiger partial charge in [-0.3, -0.25) is 9.80 Å². The van der Waals surface area contributed by atoms with Gasteiger partial charge in [-0.25, -0.2) is 0 Å². The summed E-state index contributed by atoms with van der Waals surface area (Å²) in [6, 6.07) is 8.91. The van der Waals surface area contributed by atoms with Gasteiger partial charge in [0.15, 0.2) is 0 Å². The summed E-state index contributed by atoms with van der Waals surface area (Å²) >= 11 is 0. The molecule has 1 aromatic rings. The monoisotopic (exact) mass is 230 g/mol. The Hall–Kier alpha value is -0.860. The Morgan fingerprint density at radius 3 is 2.47 bits per heavy atom. The molecule has 0 saturated carbocycles. The second-order valence-corrected chi connectivity index (χ2v) is 5.28. The minimum absolute atomic E-state index is 0.682. The van der Waals surface area contributed by atoms with Crippen LogP contribution < -0.4 is 0 Å². The first-order valence-electron chi connectivity index (χ1n) is 6.93. The average Bonchev–Trinajstić information content (AvgIpc) is 2.82. The maximum atomic E-state index is 2.66. The van der Waals surface area contributed by atoms with Crippen molar-refractivity contribution in [2.75, 3.05) is 13.1 Å². The zero-order chi connectivity index (χ0) is 11.7. The Kier molecular flexibility index (Phi) is 3.17. The van der Waals surface area contributed by atoms with Crippen molar-refractivity contribution in [2.24, 2.45) is 0 Å². The first-order valence-corrected chi connectivity index (χ1v) is 6.93. The molecule has 0 aromatic heterocycles. The van der Waals surface area contributed by atoms with Gasteiger partial charge in [-0.15, -0.1) is 0 Å². The van der Waals surface area contributed by atoms with Gasteiger partial charge >= 0.3 is 0 Å². The quantitative estimate of drug-likeness (QED) is 0.771. The largest absolute Gasteiger partial charge is 0.288 e. The molecule has 1 saturated heterocycles. The van der Waals surface area contributed by atoms with Crippen molar-refractivity contribution < 1.29 is 0 Å². The smallest absolute Gasteiger partial charge is 0.0628 e. The SMILES string of the molecule is CCN1CCCCC1N1Cc2ccccc2C1. The van der Waals surface area contributed by atoms with Gasteiger partial charge in [-0.1, -0.05) is 31.2 Å². The van der Waals surface area contributed by atoms with Crippen molar-refractivity contribution >= 4 is 0 Å². The predicted molar refractivity (Wildman–Crippen MR) is 70.6 cm³/mol. The maximum Gasteiger partial charge on any atom is 0.0628 e. The molecule has 0 radical (unpaired) electrons. The number of piperidine rings is 1. The zero-order valence-corrected chi connectivity index (χ0v) is 10.7. The average molecular weight is 230 g/mol. The van der Waals surface area contributed by atoms with Crippen LogP contribution in [-0.4, -0.2) is 29.1 Å². The van der Waals surface area contributed by atoms with Crippen molar-refractivity contribution in [3.8, 4) is 0 Å². The van der Waals surface area contributed by atoms with E-state index in [0.29, 0.717) is 6.17 Å². The minimum atomic E-state index is 0.682. The summed E-state index contributed by atoms with van der Waals surface area (Å²) in [5.41, 5.74) is 3.07. The van der Waals surface area contributed by atoms with Crippen molar-refractivity contribution in [3.05, 3.63) is 35.4 Å². The lowest BCUT2D eigenvalue weighted by atomic mass is 10.1. The fourth-order valence-corrected chi connectivity index (χ4v) is 3.33. The van der Waals surface area contributed by atoms with Gasteiger partial charge in [-0.2, -0.15) is 0 Å². The molecular weight excluding hydrogens is 208 g/mol. The van der Waals surface area contributed by atoms with Gasteiger partial charge in [0.2, 0.25) is 0 Å². The molecule has 2 aliphatic rings. The van der Waals surface area contributed by atoms with Crippen molar-refractivity contribution in [3.63, 3.8) is 0 Å². The van der Waals surface area contributed by atoms with Crippen LogP contribution in [0.1, 0.15) is 37.3 Å². The van der Waals surface area contributed by atoms with E-state index in [0.717, 1.165) is 13.1 Å². The zero-order valence-electron chi connectivity index (χ0n) is 10.7. The predicted octanol–water partition coefficient (Wildman–Crippen LogP) is 2.83. The molecule has 3 rings (SSSR count). The van der Waals surface area contributed by atoms with E-state index >= 15 is 0 Å². The molecule has 0 spiro atoms. The van der Waals surface area contributed by atoms with E-state index in [2.05, 4.69) is 41.0 Å². The van der Waals surface area contributed by atoms with E-state index in [9.17, 15) is 0 Å². The van der Waals surface area contributed by atoms with Gasteiger partial charge < -0.3 is 0 Å². The number of rotatable bonds is 2. The second kappa shape index (κ2) is 4.79. The lowest BCUT2D eigenvalue weighted by Crippen LogP contribution is -2.48. The summed E-state index contributed by atoms with van der Waals surface area (Å²) in [5.74, 6) is 0. The second-order valence-electron chi connectivity index (χ2n) is 5.28. The van der Waals surface area contributed by atoms with E-state index in [1.807, 2.05) is 0 Å². The van der Waals surface area contributed by atoms with Crippen LogP contribution in [0.5, 0.6) is 0 Å². The van der Waals surface area contributed by atoms with E-state index < -0.39 is 0 Å². The molecule has 2 aliphatic heterocycles. The Bertz CT molecular complexity index is 363. The number of nitrogens with zero attached hydrogens (tertiary/aromatic N) is 2. The molecule has 2 nitrogen and oxygen atoms in total. The lowest BCUT2D eigenvalue weighted by Gasteiger charge is -2.40. The van der Waals surface area contributed by atoms with Crippen LogP contribution in [0.4, 0.5) is 0 Å². The molecule has 1 aromatic carbocycles. The van der Waals surface area contributed by atoms with Crippen LogP contribution in [0.2, 0.25) is 0 Å². The Labute approximate surface area is 104 Å². The fraction of sp³-hybridized carbons (Fsp3) is 0.600. The van der Waals surface area contributed by atoms with E-state index in [1.165, 1.54) is 43.5 Å². The highest BCUT2D eigenvalue weighted by atomic mass is 15.4. The van der Waals surface area contributed by atoms with Crippen molar-refractivity contribution in [1.29, 1.82) is 0 Å². The summed E-state index contributed by atoms with van der Waals surface area (Å²) in [7, 11) is 0. The molecule has 1 atom stereocenters. The number of fused-ring (bicyclic) bond motifs is 1. The maximum absolute atomic E-state index is 2.66. The van der Waals surface area contributed by atoms with Crippen molar-refractivity contribution in [1.82, 2.24) is 9.80 Å². The molecular formula is C15H22N2. The third-order valence-electron chi connectivity index (χ3n) is 4.27. The van der Waals surface area contributed by atoms with Crippen LogP contribution in [0.15, 0.2) is 24.3 Å². The highest BCUT2D eigenvalue weighted by Crippen LogP contribution is 2.29. The highest BCUT2D eigenvalue weighted by Gasteiger charge is 2.30.